The minimum Gasteiger partial charge on any atom is -0.301 e. The first-order valence-electron chi connectivity index (χ1n) is 9.36. The van der Waals surface area contributed by atoms with E-state index < -0.39 is 0 Å². The largest absolute Gasteiger partial charge is 0.301 e. The molecule has 2 amide bonds. The van der Waals surface area contributed by atoms with Crippen molar-refractivity contribution in [2.24, 2.45) is 5.92 Å². The van der Waals surface area contributed by atoms with Crippen molar-refractivity contribution in [1.29, 1.82) is 0 Å². The Morgan fingerprint density at radius 2 is 1.76 bits per heavy atom. The molecule has 10 heteroatoms. The third-order valence-corrected chi connectivity index (χ3v) is 6.66. The number of hydrogen-bond acceptors (Lipinski definition) is 8. The molecular weight excluding hydrogens is 408 g/mol. The predicted molar refractivity (Wildman–Crippen MR) is 112 cm³/mol. The Kier molecular flexibility index (Phi) is 5.91. The van der Waals surface area contributed by atoms with Crippen LogP contribution < -0.4 is 10.6 Å². The van der Waals surface area contributed by atoms with E-state index in [-0.39, 0.29) is 11.8 Å². The number of carbonyl (C=O) groups is 2. The zero-order valence-corrected chi connectivity index (χ0v) is 17.4. The highest BCUT2D eigenvalue weighted by molar-refractivity contribution is 7.15. The van der Waals surface area contributed by atoms with Gasteiger partial charge in [0.25, 0.3) is 5.91 Å². The lowest BCUT2D eigenvalue weighted by molar-refractivity contribution is -0.114. The van der Waals surface area contributed by atoms with Crippen molar-refractivity contribution in [3.05, 3.63) is 45.9 Å². The second kappa shape index (κ2) is 8.75. The summed E-state index contributed by atoms with van der Waals surface area (Å²) in [5, 5.41) is 25.1. The van der Waals surface area contributed by atoms with Crippen LogP contribution >= 0.6 is 22.7 Å². The summed E-state index contributed by atoms with van der Waals surface area (Å²) >= 11 is 2.87. The minimum atomic E-state index is -0.180. The lowest BCUT2D eigenvalue weighted by Crippen LogP contribution is -2.11. The summed E-state index contributed by atoms with van der Waals surface area (Å²) in [5.41, 5.74) is 0.596. The maximum Gasteiger partial charge on any atom is 0.257 e. The van der Waals surface area contributed by atoms with Gasteiger partial charge in [-0.15, -0.1) is 20.4 Å². The van der Waals surface area contributed by atoms with Crippen LogP contribution in [-0.2, 0) is 11.2 Å². The van der Waals surface area contributed by atoms with E-state index in [9.17, 15) is 9.59 Å². The molecule has 4 rings (SSSR count). The molecule has 1 fully saturated rings. The molecule has 29 heavy (non-hydrogen) atoms. The van der Waals surface area contributed by atoms with Gasteiger partial charge in [0.2, 0.25) is 16.2 Å². The standard InChI is InChI=1S/C19H20N6O2S2/c1-11(26)20-18-25-23-17(29-18)14-8-7-12(9-14)10-15-22-24-19(28-15)21-16(27)13-5-3-2-4-6-13/h2-6,12,14H,7-10H2,1H3,(H,20,25,26)(H,21,24,27)/t12-,14?/m0/s1. The normalized spacial score (nSPS) is 18.5. The maximum absolute atomic E-state index is 12.2. The molecule has 3 aromatic rings. The summed E-state index contributed by atoms with van der Waals surface area (Å²) < 4.78 is 0. The van der Waals surface area contributed by atoms with Crippen molar-refractivity contribution < 1.29 is 9.59 Å². The quantitative estimate of drug-likeness (QED) is 0.619. The maximum atomic E-state index is 12.2. The van der Waals surface area contributed by atoms with Crippen LogP contribution in [0.3, 0.4) is 0 Å². The fraction of sp³-hybridized carbons (Fsp3) is 0.368. The molecule has 1 saturated carbocycles. The van der Waals surface area contributed by atoms with Gasteiger partial charge < -0.3 is 5.32 Å². The summed E-state index contributed by atoms with van der Waals surface area (Å²) in [6.45, 7) is 1.46. The molecule has 1 unspecified atom stereocenters. The van der Waals surface area contributed by atoms with E-state index in [2.05, 4.69) is 31.0 Å². The van der Waals surface area contributed by atoms with Gasteiger partial charge in [-0.05, 0) is 37.3 Å². The SMILES string of the molecule is CC(=O)Nc1nnc(C2CC[C@H](Cc3nnc(NC(=O)c4ccccc4)s3)C2)s1. The van der Waals surface area contributed by atoms with Gasteiger partial charge in [0.05, 0.1) is 0 Å². The highest BCUT2D eigenvalue weighted by atomic mass is 32.1. The number of aromatic nitrogens is 4. The molecule has 2 aromatic heterocycles. The van der Waals surface area contributed by atoms with Gasteiger partial charge in [0.1, 0.15) is 10.0 Å². The average Bonchev–Trinajstić information content (AvgIpc) is 3.44. The number of amides is 2. The number of hydrogen-bond donors (Lipinski definition) is 2. The smallest absolute Gasteiger partial charge is 0.257 e. The highest BCUT2D eigenvalue weighted by Gasteiger charge is 2.29. The van der Waals surface area contributed by atoms with Crippen molar-refractivity contribution in [1.82, 2.24) is 20.4 Å². The summed E-state index contributed by atoms with van der Waals surface area (Å²) in [4.78, 5) is 23.4. The molecule has 0 aliphatic heterocycles. The molecular formula is C19H20N6O2S2. The lowest BCUT2D eigenvalue weighted by Gasteiger charge is -2.06. The van der Waals surface area contributed by atoms with Crippen LogP contribution in [0.15, 0.2) is 30.3 Å². The van der Waals surface area contributed by atoms with Crippen LogP contribution in [0.2, 0.25) is 0 Å². The van der Waals surface area contributed by atoms with Crippen molar-refractivity contribution in [2.75, 3.05) is 10.6 Å². The van der Waals surface area contributed by atoms with Crippen LogP contribution in [0.25, 0.3) is 0 Å². The molecule has 2 heterocycles. The molecule has 2 N–H and O–H groups in total. The Morgan fingerprint density at radius 3 is 2.55 bits per heavy atom. The van der Waals surface area contributed by atoms with Crippen molar-refractivity contribution in [2.45, 2.75) is 38.5 Å². The first-order valence-corrected chi connectivity index (χ1v) is 11.0. The average molecular weight is 429 g/mol. The molecule has 0 saturated heterocycles. The van der Waals surface area contributed by atoms with Crippen LogP contribution in [-0.4, -0.2) is 32.2 Å². The van der Waals surface area contributed by atoms with E-state index in [1.165, 1.54) is 29.6 Å². The summed E-state index contributed by atoms with van der Waals surface area (Å²) in [7, 11) is 0. The second-order valence-electron chi connectivity index (χ2n) is 7.03. The molecule has 8 nitrogen and oxygen atoms in total. The summed E-state index contributed by atoms with van der Waals surface area (Å²) in [5.74, 6) is 0.549. The topological polar surface area (TPSA) is 110 Å². The number of rotatable bonds is 6. The van der Waals surface area contributed by atoms with E-state index in [4.69, 9.17) is 0 Å². The predicted octanol–water partition coefficient (Wildman–Crippen LogP) is 3.73. The number of benzene rings is 1. The van der Waals surface area contributed by atoms with Crippen molar-refractivity contribution in [3.8, 4) is 0 Å². The van der Waals surface area contributed by atoms with Gasteiger partial charge in [-0.3, -0.25) is 14.9 Å². The third-order valence-electron chi connectivity index (χ3n) is 4.80. The van der Waals surface area contributed by atoms with E-state index in [0.717, 1.165) is 35.7 Å². The fourth-order valence-corrected chi connectivity index (χ4v) is 5.26. The molecule has 1 aliphatic rings. The van der Waals surface area contributed by atoms with Crippen LogP contribution in [0.1, 0.15) is 52.5 Å². The van der Waals surface area contributed by atoms with Gasteiger partial charge in [0.15, 0.2) is 0 Å². The second-order valence-corrected chi connectivity index (χ2v) is 9.10. The fourth-order valence-electron chi connectivity index (χ4n) is 3.48. The van der Waals surface area contributed by atoms with Gasteiger partial charge in [-0.1, -0.05) is 40.9 Å². The molecule has 2 atom stereocenters. The van der Waals surface area contributed by atoms with Crippen LogP contribution in [0.5, 0.6) is 0 Å². The Bertz CT molecular complexity index is 1000. The summed E-state index contributed by atoms with van der Waals surface area (Å²) in [6, 6.07) is 9.06. The number of nitrogens with one attached hydrogen (secondary N) is 2. The van der Waals surface area contributed by atoms with Crippen molar-refractivity contribution >= 4 is 44.8 Å². The Balaban J connectivity index is 1.31. The molecule has 150 valence electrons. The van der Waals surface area contributed by atoms with Crippen LogP contribution in [0.4, 0.5) is 10.3 Å². The van der Waals surface area contributed by atoms with E-state index in [1.54, 1.807) is 12.1 Å². The molecule has 1 aliphatic carbocycles. The van der Waals surface area contributed by atoms with Gasteiger partial charge in [0, 0.05) is 24.8 Å². The van der Waals surface area contributed by atoms with Gasteiger partial charge >= 0.3 is 0 Å². The Hall–Kier alpha value is -2.72. The number of nitrogens with zero attached hydrogens (tertiary/aromatic N) is 4. The molecule has 0 radical (unpaired) electrons. The monoisotopic (exact) mass is 428 g/mol. The molecule has 0 spiro atoms. The first kappa shape index (κ1) is 19.6. The molecule has 1 aromatic carbocycles. The van der Waals surface area contributed by atoms with E-state index >= 15 is 0 Å². The third kappa shape index (κ3) is 5.01. The Labute approximate surface area is 175 Å². The highest BCUT2D eigenvalue weighted by Crippen LogP contribution is 2.41. The van der Waals surface area contributed by atoms with E-state index in [1.807, 2.05) is 18.2 Å². The van der Waals surface area contributed by atoms with Crippen LogP contribution in [0, 0.1) is 5.92 Å². The van der Waals surface area contributed by atoms with Gasteiger partial charge in [-0.25, -0.2) is 0 Å². The van der Waals surface area contributed by atoms with Crippen molar-refractivity contribution in [3.63, 3.8) is 0 Å². The zero-order valence-electron chi connectivity index (χ0n) is 15.8. The minimum absolute atomic E-state index is 0.136. The first-order chi connectivity index (χ1) is 14.1. The Morgan fingerprint density at radius 1 is 1.00 bits per heavy atom. The zero-order chi connectivity index (χ0) is 20.2. The number of carbonyl (C=O) groups excluding carboxylic acids is 2. The molecule has 0 bridgehead atoms. The van der Waals surface area contributed by atoms with Gasteiger partial charge in [-0.2, -0.15) is 0 Å². The summed E-state index contributed by atoms with van der Waals surface area (Å²) in [6.07, 6.45) is 3.99. The number of anilines is 2. The van der Waals surface area contributed by atoms with E-state index in [0.29, 0.717) is 27.7 Å². The lowest BCUT2D eigenvalue weighted by atomic mass is 10.0.